The van der Waals surface area contributed by atoms with Crippen molar-refractivity contribution in [2.75, 3.05) is 26.4 Å². The van der Waals surface area contributed by atoms with Crippen LogP contribution in [-0.4, -0.2) is 62.1 Å². The lowest BCUT2D eigenvalue weighted by Gasteiger charge is -2.53. The molecule has 0 radical (unpaired) electrons. The Morgan fingerprint density at radius 3 is 1.37 bits per heavy atom. The molecule has 0 spiro atoms. The quantitative estimate of drug-likeness (QED) is 0.520. The van der Waals surface area contributed by atoms with Gasteiger partial charge in [0, 0.05) is 25.0 Å². The van der Waals surface area contributed by atoms with Gasteiger partial charge in [-0.15, -0.1) is 0 Å². The predicted molar refractivity (Wildman–Crippen MR) is 137 cm³/mol. The van der Waals surface area contributed by atoms with E-state index >= 15 is 0 Å². The van der Waals surface area contributed by atoms with Gasteiger partial charge in [0.15, 0.2) is 0 Å². The predicted octanol–water partition coefficient (Wildman–Crippen LogP) is 4.19. The van der Waals surface area contributed by atoms with E-state index in [0.29, 0.717) is 13.2 Å². The third kappa shape index (κ3) is 4.64. The van der Waals surface area contributed by atoms with Crippen molar-refractivity contribution in [1.29, 1.82) is 0 Å². The Hall–Kier alpha value is -2.78. The molecule has 0 amide bonds. The summed E-state index contributed by atoms with van der Waals surface area (Å²) in [4.78, 5) is 27.2. The molecule has 1 saturated carbocycles. The minimum absolute atomic E-state index is 0.0628. The summed E-state index contributed by atoms with van der Waals surface area (Å²) >= 11 is 0. The van der Waals surface area contributed by atoms with Crippen molar-refractivity contribution in [3.63, 3.8) is 0 Å². The fourth-order valence-corrected chi connectivity index (χ4v) is 6.14. The highest BCUT2D eigenvalue weighted by Gasteiger charge is 2.62. The first-order chi connectivity index (χ1) is 18.3. The molecule has 5 rings (SSSR count). The van der Waals surface area contributed by atoms with Crippen molar-refractivity contribution in [2.24, 2.45) is 11.8 Å². The molecule has 2 aromatic rings. The summed E-state index contributed by atoms with van der Waals surface area (Å²) in [5.41, 5.74) is 1.96. The van der Waals surface area contributed by atoms with Crippen molar-refractivity contribution < 1.29 is 38.0 Å². The summed E-state index contributed by atoms with van der Waals surface area (Å²) in [6.45, 7) is 7.78. The van der Waals surface area contributed by atoms with Gasteiger partial charge < -0.3 is 28.4 Å². The van der Waals surface area contributed by atoms with Crippen LogP contribution in [0.3, 0.4) is 0 Å². The molecule has 0 N–H and O–H groups in total. The van der Waals surface area contributed by atoms with Crippen LogP contribution in [0.5, 0.6) is 0 Å². The first-order valence-corrected chi connectivity index (χ1v) is 13.4. The molecule has 3 aliphatic rings. The molecule has 8 nitrogen and oxygen atoms in total. The van der Waals surface area contributed by atoms with Gasteiger partial charge >= 0.3 is 11.9 Å². The number of rotatable bonds is 6. The van der Waals surface area contributed by atoms with Crippen molar-refractivity contribution in [2.45, 2.75) is 63.3 Å². The molecule has 3 fully saturated rings. The van der Waals surface area contributed by atoms with Crippen LogP contribution in [-0.2, 0) is 38.0 Å². The molecular formula is C30H36O8. The first-order valence-electron chi connectivity index (χ1n) is 13.4. The van der Waals surface area contributed by atoms with Gasteiger partial charge in [0.2, 0.25) is 11.6 Å². The average molecular weight is 525 g/mol. The van der Waals surface area contributed by atoms with Gasteiger partial charge in [-0.05, 0) is 38.8 Å². The lowest BCUT2D eigenvalue weighted by molar-refractivity contribution is -0.458. The van der Waals surface area contributed by atoms with Gasteiger partial charge in [0.25, 0.3) is 0 Å². The van der Waals surface area contributed by atoms with E-state index in [2.05, 4.69) is 0 Å². The van der Waals surface area contributed by atoms with E-state index in [1.807, 2.05) is 74.5 Å². The lowest BCUT2D eigenvalue weighted by Crippen LogP contribution is -2.67. The first kappa shape index (κ1) is 26.8. The molecule has 0 aromatic heterocycles. The van der Waals surface area contributed by atoms with Gasteiger partial charge in [-0.25, -0.2) is 0 Å². The largest absolute Gasteiger partial charge is 0.463 e. The van der Waals surface area contributed by atoms with E-state index in [9.17, 15) is 9.59 Å². The molecule has 1 aliphatic carbocycles. The van der Waals surface area contributed by atoms with Crippen LogP contribution in [0.25, 0.3) is 0 Å². The highest BCUT2D eigenvalue weighted by atomic mass is 16.8. The summed E-state index contributed by atoms with van der Waals surface area (Å²) in [5.74, 6) is -5.23. The normalized spacial score (nSPS) is 37.2. The zero-order valence-electron chi connectivity index (χ0n) is 22.3. The van der Waals surface area contributed by atoms with Gasteiger partial charge in [-0.1, -0.05) is 60.7 Å². The second-order valence-electron chi connectivity index (χ2n) is 10.3. The van der Waals surface area contributed by atoms with Crippen molar-refractivity contribution in [3.8, 4) is 0 Å². The molecular weight excluding hydrogens is 488 g/mol. The van der Waals surface area contributed by atoms with Crippen LogP contribution >= 0.6 is 0 Å². The highest BCUT2D eigenvalue weighted by Crippen LogP contribution is 2.59. The van der Waals surface area contributed by atoms with E-state index in [1.165, 1.54) is 0 Å². The summed E-state index contributed by atoms with van der Waals surface area (Å²) in [6.07, 6.45) is -1.43. The minimum atomic E-state index is -1.26. The maximum absolute atomic E-state index is 13.6. The van der Waals surface area contributed by atoms with Crippen molar-refractivity contribution >= 4 is 11.9 Å². The zero-order chi connectivity index (χ0) is 26.9. The topological polar surface area (TPSA) is 89.5 Å². The molecule has 2 heterocycles. The smallest absolute Gasteiger partial charge is 0.310 e. The standard InChI is InChI=1S/C30H36O8/c1-5-35-29(3)30(4,36-6-2)38-22-18-34-28(32)26-24(20-15-11-8-12-16-20)23(19-13-9-7-10-14-19)25(26)27(31)33-17-21(22)37-29/h7-16,21-26H,5-6,17-18H2,1-4H3/t21-,22-,23-,24+,25+,26-,29-,30-/m0/s1. The monoisotopic (exact) mass is 524 g/mol. The maximum Gasteiger partial charge on any atom is 0.310 e. The van der Waals surface area contributed by atoms with E-state index in [-0.39, 0.29) is 25.0 Å². The molecule has 204 valence electrons. The number of carbonyl (C=O) groups is 2. The number of hydrogen-bond donors (Lipinski definition) is 0. The van der Waals surface area contributed by atoms with Gasteiger partial charge in [0.1, 0.15) is 25.4 Å². The van der Waals surface area contributed by atoms with E-state index in [1.54, 1.807) is 13.8 Å². The summed E-state index contributed by atoms with van der Waals surface area (Å²) < 4.78 is 36.3. The molecule has 38 heavy (non-hydrogen) atoms. The highest BCUT2D eigenvalue weighted by molar-refractivity contribution is 5.87. The number of fused-ring (bicyclic) bond motifs is 2. The Balaban J connectivity index is 1.46. The third-order valence-corrected chi connectivity index (χ3v) is 8.07. The number of hydrogen-bond acceptors (Lipinski definition) is 8. The van der Waals surface area contributed by atoms with E-state index in [0.717, 1.165) is 11.1 Å². The van der Waals surface area contributed by atoms with Crippen LogP contribution in [0, 0.1) is 11.8 Å². The van der Waals surface area contributed by atoms with E-state index in [4.69, 9.17) is 28.4 Å². The summed E-state index contributed by atoms with van der Waals surface area (Å²) in [5, 5.41) is 0. The molecule has 2 aliphatic heterocycles. The van der Waals surface area contributed by atoms with Crippen LogP contribution in [0.4, 0.5) is 0 Å². The van der Waals surface area contributed by atoms with Gasteiger partial charge in [-0.3, -0.25) is 9.59 Å². The maximum atomic E-state index is 13.6. The second kappa shape index (κ2) is 10.8. The minimum Gasteiger partial charge on any atom is -0.463 e. The second-order valence-corrected chi connectivity index (χ2v) is 10.3. The fraction of sp³-hybridized carbons (Fsp3) is 0.533. The number of carbonyl (C=O) groups excluding carboxylic acids is 2. The Labute approximate surface area is 223 Å². The van der Waals surface area contributed by atoms with Crippen LogP contribution in [0.2, 0.25) is 0 Å². The van der Waals surface area contributed by atoms with Gasteiger partial charge in [-0.2, -0.15) is 0 Å². The number of benzene rings is 2. The molecule has 8 heteroatoms. The number of esters is 2. The van der Waals surface area contributed by atoms with Crippen LogP contribution in [0.15, 0.2) is 60.7 Å². The van der Waals surface area contributed by atoms with Gasteiger partial charge in [0.05, 0.1) is 11.8 Å². The Morgan fingerprint density at radius 1 is 0.658 bits per heavy atom. The fourth-order valence-electron chi connectivity index (χ4n) is 6.14. The Bertz CT molecular complexity index is 1030. The summed E-state index contributed by atoms with van der Waals surface area (Å²) in [6, 6.07) is 19.6. The third-order valence-electron chi connectivity index (χ3n) is 8.07. The van der Waals surface area contributed by atoms with Crippen molar-refractivity contribution in [3.05, 3.63) is 71.8 Å². The molecule has 2 aromatic carbocycles. The van der Waals surface area contributed by atoms with E-state index < -0.39 is 47.6 Å². The van der Waals surface area contributed by atoms with Crippen molar-refractivity contribution in [1.82, 2.24) is 0 Å². The molecule has 0 unspecified atom stereocenters. The Kier molecular flexibility index (Phi) is 7.60. The number of ether oxygens (including phenoxy) is 6. The average Bonchev–Trinajstić information content (AvgIpc) is 2.89. The van der Waals surface area contributed by atoms with Crippen LogP contribution < -0.4 is 0 Å². The lowest BCUT2D eigenvalue weighted by atomic mass is 9.52. The molecule has 8 atom stereocenters. The zero-order valence-corrected chi connectivity index (χ0v) is 22.3. The Morgan fingerprint density at radius 2 is 1.03 bits per heavy atom. The van der Waals surface area contributed by atoms with Crippen LogP contribution in [0.1, 0.15) is 50.7 Å². The molecule has 2 saturated heterocycles. The summed E-state index contributed by atoms with van der Waals surface area (Å²) in [7, 11) is 0. The SMILES string of the molecule is CCO[C@@]1(C)O[C@H]2COC(=O)[C@@H]3[C@H](C(=O)OC[C@@H]2O[C@]1(C)OCC)[C@@H](c1ccccc1)[C@H]3c1ccccc1. The number of cyclic esters (lactones) is 2. The molecule has 0 bridgehead atoms.